The van der Waals surface area contributed by atoms with Gasteiger partial charge in [0.1, 0.15) is 48.8 Å². The maximum Gasteiger partial charge on any atom is 0.220 e. The Morgan fingerprint density at radius 3 is 1.47 bits per heavy atom. The highest BCUT2D eigenvalue weighted by atomic mass is 16.7. The maximum absolute atomic E-state index is 13.2. The summed E-state index contributed by atoms with van der Waals surface area (Å²) in [6.45, 7) is 2.76. The molecule has 0 aromatic heterocycles. The largest absolute Gasteiger partial charge is 0.394 e. The van der Waals surface area contributed by atoms with E-state index in [1.807, 2.05) is 6.08 Å². The molecule has 0 aliphatic carbocycles. The van der Waals surface area contributed by atoms with Gasteiger partial charge in [0, 0.05) is 6.42 Å². The third-order valence-corrected chi connectivity index (χ3v) is 13.3. The number of unbranched alkanes of at least 4 members (excludes halogenated alkanes) is 25. The average Bonchev–Trinajstić information content (AvgIpc) is 3.34. The second-order valence-electron chi connectivity index (χ2n) is 19.4. The van der Waals surface area contributed by atoms with Crippen molar-refractivity contribution >= 4 is 5.91 Å². The topological polar surface area (TPSA) is 228 Å². The molecule has 0 saturated carbocycles. The quantitative estimate of drug-likeness (QED) is 0.0210. The lowest BCUT2D eigenvalue weighted by Gasteiger charge is -2.46. The number of carbonyl (C=O) groups excluding carboxylic acids is 1. The lowest BCUT2D eigenvalue weighted by Crippen LogP contribution is -2.65. The molecule has 0 aromatic rings. The van der Waals surface area contributed by atoms with E-state index in [1.165, 1.54) is 135 Å². The molecule has 2 aliphatic rings. The Labute approximate surface area is 411 Å². The zero-order valence-electron chi connectivity index (χ0n) is 42.3. The third kappa shape index (κ3) is 27.1. The van der Waals surface area contributed by atoms with Crippen molar-refractivity contribution in [3.8, 4) is 0 Å². The molecule has 2 heterocycles. The Morgan fingerprint density at radius 1 is 0.529 bits per heavy atom. The predicted molar refractivity (Wildman–Crippen MR) is 268 cm³/mol. The molecule has 14 heteroatoms. The number of hydrogen-bond donors (Lipinski definition) is 9. The van der Waals surface area contributed by atoms with Crippen LogP contribution >= 0.6 is 0 Å². The fourth-order valence-electron chi connectivity index (χ4n) is 8.85. The van der Waals surface area contributed by atoms with E-state index in [2.05, 4.69) is 43.5 Å². The first kappa shape index (κ1) is 62.3. The lowest BCUT2D eigenvalue weighted by atomic mass is 9.97. The summed E-state index contributed by atoms with van der Waals surface area (Å²) in [4.78, 5) is 13.2. The molecule has 0 bridgehead atoms. The van der Waals surface area contributed by atoms with E-state index in [1.54, 1.807) is 6.08 Å². The minimum absolute atomic E-state index is 0.243. The molecule has 0 radical (unpaired) electrons. The van der Waals surface area contributed by atoms with Gasteiger partial charge in [-0.15, -0.1) is 0 Å². The fourth-order valence-corrected chi connectivity index (χ4v) is 8.85. The molecule has 12 atom stereocenters. The number of aliphatic hydroxyl groups is 8. The molecule has 2 aliphatic heterocycles. The molecule has 0 aromatic carbocycles. The SMILES string of the molecule is CCCCCCC/C=C\C/C=C\CCCCCCCCCCCCCC(=O)NC(COC1OC(CO)C(OC2OC(CO)C(O)C(O)C2O)C(O)C1O)C(O)/C=C/CCCCCCCCCCC. The van der Waals surface area contributed by atoms with Crippen LogP contribution in [0.5, 0.6) is 0 Å². The standard InChI is InChI=1S/C54H99NO13/c1-3-5-7-9-11-13-15-16-17-18-19-20-21-22-23-24-25-26-28-30-32-34-36-38-46(59)55-42(43(58)37-35-33-31-29-27-14-12-10-8-6-4-2)41-65-53-51(64)49(62)52(45(40-57)67-53)68-54-50(63)48(61)47(60)44(39-56)66-54/h15-16,18-19,35,37,42-45,47-54,56-58,60-64H,3-14,17,20-34,36,38-41H2,1-2H3,(H,55,59)/b16-15-,19-18-,37-35+. The van der Waals surface area contributed by atoms with Crippen molar-refractivity contribution in [2.75, 3.05) is 19.8 Å². The lowest BCUT2D eigenvalue weighted by molar-refractivity contribution is -0.359. The molecule has 1 amide bonds. The van der Waals surface area contributed by atoms with Gasteiger partial charge in [0.15, 0.2) is 12.6 Å². The Morgan fingerprint density at radius 2 is 0.971 bits per heavy atom. The zero-order valence-corrected chi connectivity index (χ0v) is 42.3. The van der Waals surface area contributed by atoms with Crippen LogP contribution in [0, 0.1) is 0 Å². The second kappa shape index (κ2) is 40.8. The third-order valence-electron chi connectivity index (χ3n) is 13.3. The van der Waals surface area contributed by atoms with Crippen molar-refractivity contribution in [3.05, 3.63) is 36.5 Å². The molecule has 2 rings (SSSR count). The molecule has 2 fully saturated rings. The molecule has 12 unspecified atom stereocenters. The van der Waals surface area contributed by atoms with Crippen molar-refractivity contribution in [1.29, 1.82) is 0 Å². The van der Waals surface area contributed by atoms with E-state index in [9.17, 15) is 45.6 Å². The fraction of sp³-hybridized carbons (Fsp3) is 0.870. The van der Waals surface area contributed by atoms with Crippen molar-refractivity contribution in [3.63, 3.8) is 0 Å². The monoisotopic (exact) mass is 970 g/mol. The number of rotatable bonds is 42. The Bertz CT molecular complexity index is 1280. The van der Waals surface area contributed by atoms with Crippen molar-refractivity contribution in [2.24, 2.45) is 0 Å². The average molecular weight is 970 g/mol. The Kier molecular flexibility index (Phi) is 37.4. The summed E-state index contributed by atoms with van der Waals surface area (Å²) in [5, 5.41) is 86.7. The number of aliphatic hydroxyl groups excluding tert-OH is 8. The van der Waals surface area contributed by atoms with Crippen LogP contribution < -0.4 is 5.32 Å². The molecule has 398 valence electrons. The highest BCUT2D eigenvalue weighted by molar-refractivity contribution is 5.76. The van der Waals surface area contributed by atoms with Gasteiger partial charge in [-0.25, -0.2) is 0 Å². The van der Waals surface area contributed by atoms with Gasteiger partial charge in [-0.1, -0.05) is 185 Å². The van der Waals surface area contributed by atoms with Crippen LogP contribution in [0.25, 0.3) is 0 Å². The first-order chi connectivity index (χ1) is 33.1. The van der Waals surface area contributed by atoms with Crippen LogP contribution in [0.1, 0.15) is 206 Å². The molecule has 68 heavy (non-hydrogen) atoms. The van der Waals surface area contributed by atoms with Crippen molar-refractivity contribution in [1.82, 2.24) is 5.32 Å². The van der Waals surface area contributed by atoms with Crippen LogP contribution in [-0.4, -0.2) is 140 Å². The van der Waals surface area contributed by atoms with Gasteiger partial charge in [-0.2, -0.15) is 0 Å². The number of allylic oxidation sites excluding steroid dienone is 5. The Hall–Kier alpha value is -1.79. The van der Waals surface area contributed by atoms with Crippen LogP contribution in [0.2, 0.25) is 0 Å². The van der Waals surface area contributed by atoms with Gasteiger partial charge in [-0.05, 0) is 51.4 Å². The second-order valence-corrected chi connectivity index (χ2v) is 19.4. The van der Waals surface area contributed by atoms with E-state index in [0.717, 1.165) is 44.9 Å². The van der Waals surface area contributed by atoms with Crippen molar-refractivity contribution in [2.45, 2.75) is 280 Å². The molecule has 2 saturated heterocycles. The number of hydrogen-bond acceptors (Lipinski definition) is 13. The van der Waals surface area contributed by atoms with Gasteiger partial charge < -0.3 is 65.1 Å². The first-order valence-electron chi connectivity index (χ1n) is 27.2. The van der Waals surface area contributed by atoms with Gasteiger partial charge in [0.05, 0.1) is 32.0 Å². The summed E-state index contributed by atoms with van der Waals surface area (Å²) in [7, 11) is 0. The van der Waals surface area contributed by atoms with Gasteiger partial charge >= 0.3 is 0 Å². The minimum Gasteiger partial charge on any atom is -0.394 e. The summed E-state index contributed by atoms with van der Waals surface area (Å²) in [6, 6.07) is -0.913. The summed E-state index contributed by atoms with van der Waals surface area (Å²) in [5.41, 5.74) is 0. The van der Waals surface area contributed by atoms with Gasteiger partial charge in [-0.3, -0.25) is 4.79 Å². The molecular weight excluding hydrogens is 871 g/mol. The molecule has 0 spiro atoms. The van der Waals surface area contributed by atoms with E-state index >= 15 is 0 Å². The first-order valence-corrected chi connectivity index (χ1v) is 27.2. The normalized spacial score (nSPS) is 26.6. The number of amides is 1. The highest BCUT2D eigenvalue weighted by Crippen LogP contribution is 2.30. The van der Waals surface area contributed by atoms with E-state index in [-0.39, 0.29) is 18.9 Å². The predicted octanol–water partition coefficient (Wildman–Crippen LogP) is 7.88. The number of ether oxygens (including phenoxy) is 4. The Balaban J connectivity index is 1.76. The van der Waals surface area contributed by atoms with E-state index in [0.29, 0.717) is 6.42 Å². The number of nitrogens with one attached hydrogen (secondary N) is 1. The van der Waals surface area contributed by atoms with Gasteiger partial charge in [0.25, 0.3) is 0 Å². The molecule has 14 nitrogen and oxygen atoms in total. The van der Waals surface area contributed by atoms with Crippen LogP contribution in [0.4, 0.5) is 0 Å². The van der Waals surface area contributed by atoms with E-state index in [4.69, 9.17) is 18.9 Å². The minimum atomic E-state index is -1.79. The smallest absolute Gasteiger partial charge is 0.220 e. The summed E-state index contributed by atoms with van der Waals surface area (Å²) in [5.74, 6) is -0.243. The van der Waals surface area contributed by atoms with E-state index < -0.39 is 86.8 Å². The molecular formula is C54H99NO13. The maximum atomic E-state index is 13.2. The molecule has 9 N–H and O–H groups in total. The van der Waals surface area contributed by atoms with Gasteiger partial charge in [0.2, 0.25) is 5.91 Å². The van der Waals surface area contributed by atoms with Crippen LogP contribution in [-0.2, 0) is 23.7 Å². The van der Waals surface area contributed by atoms with Crippen LogP contribution in [0.3, 0.4) is 0 Å². The number of carbonyl (C=O) groups is 1. The summed E-state index contributed by atoms with van der Waals surface area (Å²) >= 11 is 0. The zero-order chi connectivity index (χ0) is 49.6. The van der Waals surface area contributed by atoms with Crippen LogP contribution in [0.15, 0.2) is 36.5 Å². The highest BCUT2D eigenvalue weighted by Gasteiger charge is 2.51. The van der Waals surface area contributed by atoms with Crippen molar-refractivity contribution < 1.29 is 64.6 Å². The summed E-state index contributed by atoms with van der Waals surface area (Å²) in [6.07, 6.45) is 30.4. The summed E-state index contributed by atoms with van der Waals surface area (Å²) < 4.78 is 22.7.